The van der Waals surface area contributed by atoms with E-state index in [1.54, 1.807) is 24.3 Å². The maximum Gasteiger partial charge on any atom is 0.303 e. The summed E-state index contributed by atoms with van der Waals surface area (Å²) in [6.07, 6.45) is 1.46. The number of non-ortho nitro benzene ring substituents is 1. The van der Waals surface area contributed by atoms with Crippen LogP contribution in [-0.4, -0.2) is 44.2 Å². The molecule has 0 bridgehead atoms. The van der Waals surface area contributed by atoms with Crippen LogP contribution >= 0.6 is 0 Å². The van der Waals surface area contributed by atoms with Crippen LogP contribution in [0.4, 0.5) is 5.69 Å². The molecule has 1 saturated heterocycles. The van der Waals surface area contributed by atoms with Crippen molar-refractivity contribution < 1.29 is 29.5 Å². The molecule has 2 aromatic rings. The van der Waals surface area contributed by atoms with Gasteiger partial charge in [-0.1, -0.05) is 36.2 Å². The van der Waals surface area contributed by atoms with E-state index in [1.165, 1.54) is 29.2 Å². The fourth-order valence-electron chi connectivity index (χ4n) is 3.84. The SMILES string of the molecule is Cc1ccc(/C(O)=C2/C(=O)C(=O)N(CCCCCC(=O)O)C2c2ccc([N+](=O)[O-])cc2)cc1. The zero-order chi connectivity index (χ0) is 24.1. The van der Waals surface area contributed by atoms with Crippen LogP contribution in [0.5, 0.6) is 0 Å². The van der Waals surface area contributed by atoms with Crippen LogP contribution < -0.4 is 0 Å². The maximum absolute atomic E-state index is 12.9. The summed E-state index contributed by atoms with van der Waals surface area (Å²) in [6.45, 7) is 2.06. The number of carboxylic acids is 1. The van der Waals surface area contributed by atoms with Crippen molar-refractivity contribution in [3.05, 3.63) is 80.9 Å². The first-order valence-electron chi connectivity index (χ1n) is 10.5. The van der Waals surface area contributed by atoms with Crippen LogP contribution in [-0.2, 0) is 14.4 Å². The van der Waals surface area contributed by atoms with Crippen molar-refractivity contribution in [1.29, 1.82) is 0 Å². The second-order valence-electron chi connectivity index (χ2n) is 7.91. The Labute approximate surface area is 190 Å². The summed E-state index contributed by atoms with van der Waals surface area (Å²) >= 11 is 0. The first-order valence-corrected chi connectivity index (χ1v) is 10.5. The molecule has 1 amide bonds. The molecule has 0 aromatic heterocycles. The van der Waals surface area contributed by atoms with E-state index in [4.69, 9.17) is 5.11 Å². The summed E-state index contributed by atoms with van der Waals surface area (Å²) in [5.41, 5.74) is 1.58. The molecule has 33 heavy (non-hydrogen) atoms. The van der Waals surface area contributed by atoms with Crippen molar-refractivity contribution in [2.24, 2.45) is 0 Å². The Morgan fingerprint density at radius 3 is 2.21 bits per heavy atom. The number of carboxylic acid groups (broad SMARTS) is 1. The van der Waals surface area contributed by atoms with E-state index < -0.39 is 28.6 Å². The molecule has 3 rings (SSSR count). The van der Waals surface area contributed by atoms with E-state index in [9.17, 15) is 29.6 Å². The van der Waals surface area contributed by atoms with Gasteiger partial charge in [0.15, 0.2) is 0 Å². The fraction of sp³-hybridized carbons (Fsp3) is 0.292. The Bertz CT molecular complexity index is 1100. The maximum atomic E-state index is 12.9. The standard InChI is InChI=1S/C24H24N2O7/c1-15-6-8-17(9-7-15)22(29)20-21(16-10-12-18(13-11-16)26(32)33)25(24(31)23(20)30)14-4-2-3-5-19(27)28/h6-13,21,29H,2-5,14H2,1H3,(H,27,28)/b22-20-. The number of carbonyl (C=O) groups excluding carboxylic acids is 2. The number of nitro groups is 1. The average Bonchev–Trinajstić information content (AvgIpc) is 3.03. The van der Waals surface area contributed by atoms with Gasteiger partial charge in [0.05, 0.1) is 16.5 Å². The van der Waals surface area contributed by atoms with E-state index in [0.717, 1.165) is 5.56 Å². The summed E-state index contributed by atoms with van der Waals surface area (Å²) in [4.78, 5) is 48.3. The largest absolute Gasteiger partial charge is 0.507 e. The van der Waals surface area contributed by atoms with E-state index in [2.05, 4.69) is 0 Å². The number of aliphatic hydroxyl groups is 1. The Balaban J connectivity index is 1.99. The average molecular weight is 452 g/mol. The van der Waals surface area contributed by atoms with Crippen molar-refractivity contribution >= 4 is 29.1 Å². The summed E-state index contributed by atoms with van der Waals surface area (Å²) in [5.74, 6) is -2.82. The van der Waals surface area contributed by atoms with E-state index >= 15 is 0 Å². The molecule has 9 nitrogen and oxygen atoms in total. The third-order valence-corrected chi connectivity index (χ3v) is 5.57. The quantitative estimate of drug-likeness (QED) is 0.147. The number of aliphatic carboxylic acids is 1. The molecular formula is C24H24N2O7. The van der Waals surface area contributed by atoms with Gasteiger partial charge >= 0.3 is 5.97 Å². The fourth-order valence-corrected chi connectivity index (χ4v) is 3.84. The number of nitrogens with zero attached hydrogens (tertiary/aromatic N) is 2. The second-order valence-corrected chi connectivity index (χ2v) is 7.91. The van der Waals surface area contributed by atoms with Crippen LogP contribution in [0.3, 0.4) is 0 Å². The molecule has 0 radical (unpaired) electrons. The second kappa shape index (κ2) is 10.1. The molecule has 0 saturated carbocycles. The van der Waals surface area contributed by atoms with E-state index in [1.807, 2.05) is 6.92 Å². The van der Waals surface area contributed by atoms with Crippen LogP contribution in [0.15, 0.2) is 54.1 Å². The van der Waals surface area contributed by atoms with Gasteiger partial charge in [-0.15, -0.1) is 0 Å². The van der Waals surface area contributed by atoms with Crippen LogP contribution in [0.2, 0.25) is 0 Å². The number of benzene rings is 2. The lowest BCUT2D eigenvalue weighted by molar-refractivity contribution is -0.384. The topological polar surface area (TPSA) is 138 Å². The van der Waals surface area contributed by atoms with Crippen LogP contribution in [0.1, 0.15) is 48.4 Å². The van der Waals surface area contributed by atoms with Gasteiger partial charge in [-0.3, -0.25) is 24.5 Å². The van der Waals surface area contributed by atoms with Gasteiger partial charge in [0, 0.05) is 30.7 Å². The highest BCUT2D eigenvalue weighted by Crippen LogP contribution is 2.40. The molecule has 2 aromatic carbocycles. The summed E-state index contributed by atoms with van der Waals surface area (Å²) in [7, 11) is 0. The minimum atomic E-state index is -0.911. The number of nitro benzene ring substituents is 1. The minimum absolute atomic E-state index is 0.0119. The number of aryl methyl sites for hydroxylation is 1. The number of carbonyl (C=O) groups is 3. The molecule has 1 atom stereocenters. The number of Topliss-reactive ketones (excluding diaryl/α,β-unsaturated/α-hetero) is 1. The Kier molecular flexibility index (Phi) is 7.22. The molecule has 172 valence electrons. The first kappa shape index (κ1) is 23.6. The third kappa shape index (κ3) is 5.25. The number of amides is 1. The predicted octanol–water partition coefficient (Wildman–Crippen LogP) is 3.97. The molecule has 0 spiro atoms. The molecule has 1 aliphatic rings. The molecule has 1 heterocycles. The van der Waals surface area contributed by atoms with Crippen molar-refractivity contribution in [2.75, 3.05) is 6.54 Å². The molecule has 1 unspecified atom stereocenters. The molecule has 1 fully saturated rings. The van der Waals surface area contributed by atoms with E-state index in [-0.39, 0.29) is 30.0 Å². The lowest BCUT2D eigenvalue weighted by Crippen LogP contribution is -2.30. The molecule has 0 aliphatic carbocycles. The van der Waals surface area contributed by atoms with Gasteiger partial charge in [-0.25, -0.2) is 0 Å². The number of unbranched alkanes of at least 4 members (excludes halogenated alkanes) is 2. The zero-order valence-corrected chi connectivity index (χ0v) is 18.1. The third-order valence-electron chi connectivity index (χ3n) is 5.57. The van der Waals surface area contributed by atoms with Crippen LogP contribution in [0.25, 0.3) is 5.76 Å². The number of ketones is 1. The van der Waals surface area contributed by atoms with Gasteiger partial charge < -0.3 is 15.1 Å². The van der Waals surface area contributed by atoms with Gasteiger partial charge in [0.1, 0.15) is 5.76 Å². The Morgan fingerprint density at radius 1 is 1.00 bits per heavy atom. The summed E-state index contributed by atoms with van der Waals surface area (Å²) < 4.78 is 0. The van der Waals surface area contributed by atoms with Crippen LogP contribution in [0, 0.1) is 17.0 Å². The highest BCUT2D eigenvalue weighted by Gasteiger charge is 2.45. The molecule has 1 aliphatic heterocycles. The van der Waals surface area contributed by atoms with Gasteiger partial charge in [-0.05, 0) is 37.5 Å². The smallest absolute Gasteiger partial charge is 0.303 e. The molecular weight excluding hydrogens is 428 g/mol. The number of aliphatic hydroxyl groups excluding tert-OH is 1. The first-order chi connectivity index (χ1) is 15.7. The highest BCUT2D eigenvalue weighted by atomic mass is 16.6. The summed E-state index contributed by atoms with van der Waals surface area (Å²) in [6, 6.07) is 11.4. The minimum Gasteiger partial charge on any atom is -0.507 e. The van der Waals surface area contributed by atoms with Gasteiger partial charge in [0.2, 0.25) is 0 Å². The monoisotopic (exact) mass is 452 g/mol. The van der Waals surface area contributed by atoms with Crippen molar-refractivity contribution in [3.8, 4) is 0 Å². The zero-order valence-electron chi connectivity index (χ0n) is 18.1. The van der Waals surface area contributed by atoms with Crippen molar-refractivity contribution in [3.63, 3.8) is 0 Å². The lowest BCUT2D eigenvalue weighted by Gasteiger charge is -2.25. The number of likely N-dealkylation sites (tertiary alicyclic amines) is 1. The Hall–Kier alpha value is -4.01. The van der Waals surface area contributed by atoms with Crippen molar-refractivity contribution in [1.82, 2.24) is 4.90 Å². The lowest BCUT2D eigenvalue weighted by atomic mass is 9.95. The Morgan fingerprint density at radius 2 is 1.64 bits per heavy atom. The molecule has 9 heteroatoms. The number of hydrogen-bond acceptors (Lipinski definition) is 6. The van der Waals surface area contributed by atoms with Gasteiger partial charge in [-0.2, -0.15) is 0 Å². The number of rotatable bonds is 9. The van der Waals surface area contributed by atoms with E-state index in [0.29, 0.717) is 30.4 Å². The highest BCUT2D eigenvalue weighted by molar-refractivity contribution is 6.46. The molecule has 2 N–H and O–H groups in total. The number of hydrogen-bond donors (Lipinski definition) is 2. The summed E-state index contributed by atoms with van der Waals surface area (Å²) in [5, 5.41) is 30.8. The normalized spacial score (nSPS) is 17.4. The van der Waals surface area contributed by atoms with Crippen molar-refractivity contribution in [2.45, 2.75) is 38.6 Å². The van der Waals surface area contributed by atoms with Gasteiger partial charge in [0.25, 0.3) is 17.4 Å². The predicted molar refractivity (Wildman–Crippen MR) is 119 cm³/mol.